The van der Waals surface area contributed by atoms with Gasteiger partial charge in [0.2, 0.25) is 5.91 Å². The molecular formula is C34H44BNO7. The minimum Gasteiger partial charge on any atom is -0.496 e. The van der Waals surface area contributed by atoms with Gasteiger partial charge in [0, 0.05) is 18.4 Å². The van der Waals surface area contributed by atoms with Crippen LogP contribution in [0.4, 0.5) is 0 Å². The molecule has 9 heteroatoms. The molecule has 1 N–H and O–H groups in total. The number of ketones is 1. The zero-order valence-electron chi connectivity index (χ0n) is 26.4. The molecule has 6 rings (SSSR count). The van der Waals surface area contributed by atoms with Crippen LogP contribution in [0.1, 0.15) is 93.5 Å². The van der Waals surface area contributed by atoms with Crippen molar-refractivity contribution in [2.75, 3.05) is 7.11 Å². The summed E-state index contributed by atoms with van der Waals surface area (Å²) in [6.45, 7) is 12.2. The minimum absolute atomic E-state index is 0.0322. The molecule has 43 heavy (non-hydrogen) atoms. The van der Waals surface area contributed by atoms with Gasteiger partial charge in [0.15, 0.2) is 5.78 Å². The number of carbonyl (C=O) groups excluding carboxylic acids is 3. The van der Waals surface area contributed by atoms with Crippen molar-refractivity contribution in [1.29, 1.82) is 0 Å². The fourth-order valence-corrected chi connectivity index (χ4v) is 7.28. The highest BCUT2D eigenvalue weighted by atomic mass is 16.7. The van der Waals surface area contributed by atoms with E-state index in [-0.39, 0.29) is 36.1 Å². The topological polar surface area (TPSA) is 100 Å². The van der Waals surface area contributed by atoms with Gasteiger partial charge >= 0.3 is 13.1 Å². The Bertz CT molecular complexity index is 1370. The third-order valence-corrected chi connectivity index (χ3v) is 9.68. The average Bonchev–Trinajstić information content (AvgIpc) is 3.32. The number of ether oxygens (including phenoxy) is 2. The van der Waals surface area contributed by atoms with Gasteiger partial charge in [-0.15, -0.1) is 0 Å². The Balaban J connectivity index is 1.38. The summed E-state index contributed by atoms with van der Waals surface area (Å²) in [5.41, 5.74) is 0.648. The van der Waals surface area contributed by atoms with Gasteiger partial charge < -0.3 is 24.1 Å². The first kappa shape index (κ1) is 31.3. The Morgan fingerprint density at radius 1 is 1.02 bits per heavy atom. The SMILES string of the molecule is COc1c(CC(NC(=O)CCC(=O)c2ccccc2)B2OC3CC4CC(C4(C)C)C3(C)O2)cccc1C(=O)OC(C)(C)C. The van der Waals surface area contributed by atoms with Crippen LogP contribution >= 0.6 is 0 Å². The second-order valence-electron chi connectivity index (χ2n) is 14.0. The summed E-state index contributed by atoms with van der Waals surface area (Å²) in [7, 11) is 0.817. The number of para-hydroxylation sites is 1. The van der Waals surface area contributed by atoms with Crippen LogP contribution < -0.4 is 10.1 Å². The first-order valence-corrected chi connectivity index (χ1v) is 15.3. The first-order valence-electron chi connectivity index (χ1n) is 15.3. The molecule has 4 aliphatic rings. The largest absolute Gasteiger partial charge is 0.496 e. The molecule has 0 radical (unpaired) electrons. The third-order valence-electron chi connectivity index (χ3n) is 9.68. The van der Waals surface area contributed by atoms with Crippen molar-refractivity contribution in [2.45, 2.75) is 96.9 Å². The lowest BCUT2D eigenvalue weighted by atomic mass is 9.43. The van der Waals surface area contributed by atoms with Crippen molar-refractivity contribution in [3.05, 3.63) is 65.2 Å². The van der Waals surface area contributed by atoms with Crippen LogP contribution in [0.25, 0.3) is 0 Å². The van der Waals surface area contributed by atoms with Crippen LogP contribution in [-0.2, 0) is 25.3 Å². The average molecular weight is 590 g/mol. The Labute approximate surface area is 255 Å². The molecule has 2 bridgehead atoms. The maximum Gasteiger partial charge on any atom is 0.482 e. The number of carbonyl (C=O) groups is 3. The fraction of sp³-hybridized carbons (Fsp3) is 0.559. The number of rotatable bonds is 10. The second-order valence-corrected chi connectivity index (χ2v) is 14.0. The summed E-state index contributed by atoms with van der Waals surface area (Å²) < 4.78 is 24.7. The Kier molecular flexibility index (Phi) is 8.53. The quantitative estimate of drug-likeness (QED) is 0.219. The van der Waals surface area contributed by atoms with Gasteiger partial charge in [-0.05, 0) is 75.8 Å². The summed E-state index contributed by atoms with van der Waals surface area (Å²) in [6.07, 6.45) is 2.38. The van der Waals surface area contributed by atoms with Gasteiger partial charge in [-0.2, -0.15) is 0 Å². The van der Waals surface area contributed by atoms with Gasteiger partial charge in [0.25, 0.3) is 0 Å². The summed E-state index contributed by atoms with van der Waals surface area (Å²) >= 11 is 0. The number of Topliss-reactive ketones (excluding diaryl/α,β-unsaturated/α-hetero) is 1. The van der Waals surface area contributed by atoms with Crippen LogP contribution in [-0.4, -0.2) is 55.1 Å². The highest BCUT2D eigenvalue weighted by Crippen LogP contribution is 2.65. The van der Waals surface area contributed by atoms with E-state index in [2.05, 4.69) is 26.1 Å². The van der Waals surface area contributed by atoms with Crippen LogP contribution in [0.5, 0.6) is 5.75 Å². The summed E-state index contributed by atoms with van der Waals surface area (Å²) in [5, 5.41) is 3.12. The van der Waals surface area contributed by atoms with E-state index >= 15 is 0 Å². The highest BCUT2D eigenvalue weighted by Gasteiger charge is 2.68. The van der Waals surface area contributed by atoms with Gasteiger partial charge in [-0.3, -0.25) is 9.59 Å². The van der Waals surface area contributed by atoms with Crippen molar-refractivity contribution in [1.82, 2.24) is 5.32 Å². The third kappa shape index (κ3) is 6.25. The van der Waals surface area contributed by atoms with E-state index in [1.807, 2.05) is 45.0 Å². The summed E-state index contributed by atoms with van der Waals surface area (Å²) in [5.74, 6) is -0.0919. The van der Waals surface area contributed by atoms with Gasteiger partial charge in [-0.1, -0.05) is 56.3 Å². The number of esters is 1. The van der Waals surface area contributed by atoms with Crippen molar-refractivity contribution in [3.8, 4) is 5.75 Å². The Hall–Kier alpha value is -3.17. The molecule has 8 nitrogen and oxygen atoms in total. The smallest absolute Gasteiger partial charge is 0.482 e. The Morgan fingerprint density at radius 3 is 2.40 bits per heavy atom. The molecule has 5 unspecified atom stereocenters. The molecule has 2 aromatic rings. The number of hydrogen-bond acceptors (Lipinski definition) is 7. The van der Waals surface area contributed by atoms with E-state index in [0.717, 1.165) is 12.8 Å². The molecule has 0 aromatic heterocycles. The number of methoxy groups -OCH3 is 1. The predicted molar refractivity (Wildman–Crippen MR) is 164 cm³/mol. The maximum atomic E-state index is 13.3. The van der Waals surface area contributed by atoms with E-state index < -0.39 is 30.2 Å². The monoisotopic (exact) mass is 589 g/mol. The van der Waals surface area contributed by atoms with E-state index in [4.69, 9.17) is 18.8 Å². The lowest BCUT2D eigenvalue weighted by molar-refractivity contribution is -0.199. The van der Waals surface area contributed by atoms with Crippen molar-refractivity contribution in [3.63, 3.8) is 0 Å². The van der Waals surface area contributed by atoms with Crippen LogP contribution in [0.15, 0.2) is 48.5 Å². The normalized spacial score (nSPS) is 26.1. The number of nitrogens with one attached hydrogen (secondary N) is 1. The van der Waals surface area contributed by atoms with Gasteiger partial charge in [-0.25, -0.2) is 4.79 Å². The van der Waals surface area contributed by atoms with Gasteiger partial charge in [0.05, 0.1) is 24.8 Å². The van der Waals surface area contributed by atoms with Crippen molar-refractivity contribution >= 4 is 24.8 Å². The molecule has 3 saturated carbocycles. The van der Waals surface area contributed by atoms with E-state index in [1.54, 1.807) is 24.3 Å². The maximum absolute atomic E-state index is 13.3. The minimum atomic E-state index is -0.700. The second kappa shape index (κ2) is 11.7. The molecule has 0 spiro atoms. The van der Waals surface area contributed by atoms with Crippen LogP contribution in [0.3, 0.4) is 0 Å². The first-order chi connectivity index (χ1) is 20.2. The summed E-state index contributed by atoms with van der Waals surface area (Å²) in [6, 6.07) is 14.3. The number of hydrogen-bond donors (Lipinski definition) is 1. The lowest BCUT2D eigenvalue weighted by Gasteiger charge is -2.64. The van der Waals surface area contributed by atoms with E-state index in [9.17, 15) is 14.4 Å². The molecule has 3 aliphatic carbocycles. The molecular weight excluding hydrogens is 545 g/mol. The zero-order chi connectivity index (χ0) is 31.2. The molecule has 1 saturated heterocycles. The zero-order valence-corrected chi connectivity index (χ0v) is 26.4. The predicted octanol–water partition coefficient (Wildman–Crippen LogP) is 5.61. The lowest BCUT2D eigenvalue weighted by Crippen LogP contribution is -2.65. The van der Waals surface area contributed by atoms with Crippen molar-refractivity contribution < 1.29 is 33.2 Å². The molecule has 5 atom stereocenters. The molecule has 1 amide bonds. The Morgan fingerprint density at radius 2 is 1.74 bits per heavy atom. The van der Waals surface area contributed by atoms with E-state index in [1.165, 1.54) is 7.11 Å². The highest BCUT2D eigenvalue weighted by molar-refractivity contribution is 6.48. The number of benzene rings is 2. The standard InChI is InChI=1S/C34H44BNO7/c1-32(2,3)41-31(39)24-15-11-14-22(30(24)40-7)18-28(36-29(38)17-16-25(37)21-12-9-8-10-13-21)35-42-27-20-23-19-26(33(23,4)5)34(27,6)43-35/h8-15,23,26-28H,16-20H2,1-7H3,(H,36,38). The van der Waals surface area contributed by atoms with E-state index in [0.29, 0.717) is 40.7 Å². The molecule has 1 heterocycles. The molecule has 2 aromatic carbocycles. The fourth-order valence-electron chi connectivity index (χ4n) is 7.28. The summed E-state index contributed by atoms with van der Waals surface area (Å²) in [4.78, 5) is 39.0. The van der Waals surface area contributed by atoms with Crippen LogP contribution in [0.2, 0.25) is 0 Å². The molecule has 1 aliphatic heterocycles. The van der Waals surface area contributed by atoms with Crippen molar-refractivity contribution in [2.24, 2.45) is 17.3 Å². The van der Waals surface area contributed by atoms with Crippen LogP contribution in [0, 0.1) is 17.3 Å². The number of amides is 1. The molecule has 4 fully saturated rings. The van der Waals surface area contributed by atoms with Gasteiger partial charge in [0.1, 0.15) is 16.9 Å². The molecule has 230 valence electrons.